The second kappa shape index (κ2) is 3.42. The van der Waals surface area contributed by atoms with Crippen molar-refractivity contribution in [1.29, 1.82) is 0 Å². The van der Waals surface area contributed by atoms with Gasteiger partial charge >= 0.3 is 0 Å². The Morgan fingerprint density at radius 1 is 1.69 bits per heavy atom. The lowest BCUT2D eigenvalue weighted by molar-refractivity contribution is 0.739. The highest BCUT2D eigenvalue weighted by atomic mass is 15.3. The normalized spacial score (nSPS) is 15.3. The van der Waals surface area contributed by atoms with E-state index in [0.29, 0.717) is 6.54 Å². The predicted octanol–water partition coefficient (Wildman–Crippen LogP) is -1.14. The Balaban J connectivity index is 1.89. The van der Waals surface area contributed by atoms with Crippen LogP contribution >= 0.6 is 0 Å². The van der Waals surface area contributed by atoms with Gasteiger partial charge in [0.2, 0.25) is 0 Å². The second-order valence-electron chi connectivity index (χ2n) is 2.87. The first kappa shape index (κ1) is 8.03. The Kier molecular flexibility index (Phi) is 2.11. The van der Waals surface area contributed by atoms with Crippen LogP contribution in [0.2, 0.25) is 0 Å². The van der Waals surface area contributed by atoms with Crippen LogP contribution in [0.5, 0.6) is 0 Å². The third-order valence-corrected chi connectivity index (χ3v) is 1.89. The summed E-state index contributed by atoms with van der Waals surface area (Å²) in [6, 6.07) is 0. The zero-order valence-electron chi connectivity index (χ0n) is 7.49. The molecule has 1 aliphatic heterocycles. The van der Waals surface area contributed by atoms with Gasteiger partial charge in [-0.3, -0.25) is 4.99 Å². The largest absolute Gasteiger partial charge is 0.355 e. The van der Waals surface area contributed by atoms with E-state index in [1.807, 2.05) is 11.6 Å². The van der Waals surface area contributed by atoms with E-state index in [0.717, 1.165) is 24.9 Å². The van der Waals surface area contributed by atoms with Crippen LogP contribution in [0.25, 0.3) is 0 Å². The zero-order valence-corrected chi connectivity index (χ0v) is 7.49. The highest BCUT2D eigenvalue weighted by molar-refractivity contribution is 5.81. The van der Waals surface area contributed by atoms with Crippen molar-refractivity contribution < 1.29 is 0 Å². The summed E-state index contributed by atoms with van der Waals surface area (Å²) in [4.78, 5) is 4.20. The second-order valence-corrected chi connectivity index (χ2v) is 2.87. The molecule has 0 amide bonds. The van der Waals surface area contributed by atoms with Crippen molar-refractivity contribution in [2.24, 2.45) is 12.0 Å². The van der Waals surface area contributed by atoms with Gasteiger partial charge in [-0.25, -0.2) is 0 Å². The van der Waals surface area contributed by atoms with E-state index >= 15 is 0 Å². The predicted molar refractivity (Wildman–Crippen MR) is 48.1 cm³/mol. The first-order chi connectivity index (χ1) is 6.36. The molecule has 1 aliphatic rings. The summed E-state index contributed by atoms with van der Waals surface area (Å²) >= 11 is 0. The summed E-state index contributed by atoms with van der Waals surface area (Å²) in [5.74, 6) is 1.75. The number of nitrogens with one attached hydrogen (secondary N) is 2. The summed E-state index contributed by atoms with van der Waals surface area (Å²) in [5, 5.41) is 14.0. The maximum absolute atomic E-state index is 4.20. The highest BCUT2D eigenvalue weighted by Crippen LogP contribution is 1.90. The van der Waals surface area contributed by atoms with Gasteiger partial charge in [0.15, 0.2) is 11.8 Å². The van der Waals surface area contributed by atoms with Crippen molar-refractivity contribution in [2.45, 2.75) is 6.54 Å². The van der Waals surface area contributed by atoms with Gasteiger partial charge < -0.3 is 15.2 Å². The van der Waals surface area contributed by atoms with E-state index in [1.54, 1.807) is 6.33 Å². The summed E-state index contributed by atoms with van der Waals surface area (Å²) in [6.07, 6.45) is 1.68. The summed E-state index contributed by atoms with van der Waals surface area (Å²) < 4.78 is 1.88. The number of aromatic nitrogens is 3. The fourth-order valence-electron chi connectivity index (χ4n) is 1.15. The minimum atomic E-state index is 0.655. The topological polar surface area (TPSA) is 67.1 Å². The first-order valence-corrected chi connectivity index (χ1v) is 4.21. The van der Waals surface area contributed by atoms with E-state index in [1.165, 1.54) is 0 Å². The number of hydrogen-bond acceptors (Lipinski definition) is 5. The molecule has 2 rings (SSSR count). The minimum absolute atomic E-state index is 0.655. The number of aryl methyl sites for hydroxylation is 1. The molecule has 2 heterocycles. The van der Waals surface area contributed by atoms with Gasteiger partial charge in [-0.05, 0) is 0 Å². The SMILES string of the molecule is Cn1cnnc1CNC1=NCCN1. The van der Waals surface area contributed by atoms with Crippen LogP contribution in [-0.2, 0) is 13.6 Å². The number of nitrogens with zero attached hydrogens (tertiary/aromatic N) is 4. The molecule has 0 unspecified atom stereocenters. The van der Waals surface area contributed by atoms with Crippen molar-refractivity contribution in [3.8, 4) is 0 Å². The van der Waals surface area contributed by atoms with Crippen molar-refractivity contribution in [3.05, 3.63) is 12.2 Å². The van der Waals surface area contributed by atoms with E-state index in [4.69, 9.17) is 0 Å². The molecule has 0 aliphatic carbocycles. The molecule has 70 valence electrons. The molecule has 0 spiro atoms. The molecule has 6 nitrogen and oxygen atoms in total. The monoisotopic (exact) mass is 180 g/mol. The van der Waals surface area contributed by atoms with Gasteiger partial charge in [0.05, 0.1) is 13.1 Å². The fourth-order valence-corrected chi connectivity index (χ4v) is 1.15. The molecular formula is C7H12N6. The minimum Gasteiger partial charge on any atom is -0.355 e. The smallest absolute Gasteiger partial charge is 0.191 e. The lowest BCUT2D eigenvalue weighted by Gasteiger charge is -2.04. The Labute approximate surface area is 76.1 Å². The Morgan fingerprint density at radius 2 is 2.62 bits per heavy atom. The van der Waals surface area contributed by atoms with Gasteiger partial charge in [-0.2, -0.15) is 0 Å². The lowest BCUT2D eigenvalue weighted by Crippen LogP contribution is -2.33. The number of rotatable bonds is 2. The quantitative estimate of drug-likeness (QED) is 0.604. The van der Waals surface area contributed by atoms with Crippen LogP contribution in [0, 0.1) is 0 Å². The fraction of sp³-hybridized carbons (Fsp3) is 0.571. The molecule has 6 heteroatoms. The molecule has 0 saturated heterocycles. The van der Waals surface area contributed by atoms with Gasteiger partial charge in [0.1, 0.15) is 6.33 Å². The molecule has 13 heavy (non-hydrogen) atoms. The molecule has 1 aromatic rings. The molecule has 0 aromatic carbocycles. The van der Waals surface area contributed by atoms with Gasteiger partial charge in [0, 0.05) is 13.6 Å². The van der Waals surface area contributed by atoms with Crippen molar-refractivity contribution >= 4 is 5.96 Å². The standard InChI is InChI=1S/C7H12N6/c1-13-5-11-12-6(13)4-10-7-8-2-3-9-7/h5H,2-4H2,1H3,(H2,8,9,10). The number of aliphatic imine (C=N–C) groups is 1. The van der Waals surface area contributed by atoms with Crippen LogP contribution in [0.1, 0.15) is 5.82 Å². The van der Waals surface area contributed by atoms with Crippen LogP contribution in [0.3, 0.4) is 0 Å². The molecule has 0 saturated carbocycles. The van der Waals surface area contributed by atoms with E-state index in [9.17, 15) is 0 Å². The van der Waals surface area contributed by atoms with Crippen molar-refractivity contribution in [3.63, 3.8) is 0 Å². The van der Waals surface area contributed by atoms with Crippen LogP contribution in [-0.4, -0.2) is 33.8 Å². The average Bonchev–Trinajstić information content (AvgIpc) is 2.72. The lowest BCUT2D eigenvalue weighted by atomic mass is 10.6. The Bertz CT molecular complexity index is 315. The van der Waals surface area contributed by atoms with Gasteiger partial charge in [-0.15, -0.1) is 10.2 Å². The van der Waals surface area contributed by atoms with Gasteiger partial charge in [0.25, 0.3) is 0 Å². The van der Waals surface area contributed by atoms with E-state index in [-0.39, 0.29) is 0 Å². The molecule has 0 bridgehead atoms. The summed E-state index contributed by atoms with van der Waals surface area (Å²) in [6.45, 7) is 2.42. The first-order valence-electron chi connectivity index (χ1n) is 4.21. The van der Waals surface area contributed by atoms with E-state index in [2.05, 4.69) is 25.8 Å². The molecular weight excluding hydrogens is 168 g/mol. The number of guanidine groups is 1. The third kappa shape index (κ3) is 1.77. The number of hydrogen-bond donors (Lipinski definition) is 2. The zero-order chi connectivity index (χ0) is 9.10. The molecule has 0 atom stereocenters. The van der Waals surface area contributed by atoms with Crippen LogP contribution in [0.15, 0.2) is 11.3 Å². The maximum atomic E-state index is 4.20. The molecule has 2 N–H and O–H groups in total. The highest BCUT2D eigenvalue weighted by Gasteiger charge is 2.05. The molecule has 0 radical (unpaired) electrons. The van der Waals surface area contributed by atoms with E-state index < -0.39 is 0 Å². The molecule has 1 aromatic heterocycles. The van der Waals surface area contributed by atoms with Crippen molar-refractivity contribution in [2.75, 3.05) is 13.1 Å². The maximum Gasteiger partial charge on any atom is 0.191 e. The average molecular weight is 180 g/mol. The summed E-state index contributed by atoms with van der Waals surface area (Å²) in [5.41, 5.74) is 0. The Morgan fingerprint density at radius 3 is 3.23 bits per heavy atom. The third-order valence-electron chi connectivity index (χ3n) is 1.89. The van der Waals surface area contributed by atoms with Gasteiger partial charge in [-0.1, -0.05) is 0 Å². The Hall–Kier alpha value is -1.59. The molecule has 0 fully saturated rings. The van der Waals surface area contributed by atoms with Crippen LogP contribution in [0.4, 0.5) is 0 Å². The van der Waals surface area contributed by atoms with Crippen molar-refractivity contribution in [1.82, 2.24) is 25.4 Å². The van der Waals surface area contributed by atoms with Crippen LogP contribution < -0.4 is 10.6 Å². The summed E-state index contributed by atoms with van der Waals surface area (Å²) in [7, 11) is 1.92.